The van der Waals surface area contributed by atoms with E-state index in [1.54, 1.807) is 22.3 Å². The molecule has 0 saturated carbocycles. The number of rotatable bonds is 2. The van der Waals surface area contributed by atoms with Crippen molar-refractivity contribution in [2.75, 3.05) is 0 Å². The Hall–Kier alpha value is -0.200. The molecule has 2 aliphatic carbocycles. The molecule has 18 heavy (non-hydrogen) atoms. The van der Waals surface area contributed by atoms with Gasteiger partial charge < -0.3 is 0 Å². The first-order chi connectivity index (χ1) is 8.86. The van der Waals surface area contributed by atoms with Crippen LogP contribution in [0.25, 0.3) is 0 Å². The molecule has 2 heteroatoms. The van der Waals surface area contributed by atoms with E-state index in [4.69, 9.17) is 23.2 Å². The largest absolute Gasteiger partial charge is 0.122 e. The molecule has 0 spiro atoms. The van der Waals surface area contributed by atoms with Crippen molar-refractivity contribution in [2.45, 2.75) is 63.1 Å². The van der Waals surface area contributed by atoms with Gasteiger partial charge in [0.25, 0.3) is 0 Å². The molecular formula is C16H20Cl2. The minimum absolute atomic E-state index is 0.688. The minimum Gasteiger partial charge on any atom is -0.122 e. The smallest absolute Gasteiger partial charge is 0.0479 e. The first kappa shape index (κ1) is 12.8. The topological polar surface area (TPSA) is 0 Å². The normalized spacial score (nSPS) is 18.3. The molecule has 0 aliphatic heterocycles. The molecule has 0 heterocycles. The summed E-state index contributed by atoms with van der Waals surface area (Å²) in [6, 6.07) is 0. The predicted octanol–water partition coefficient (Wildman–Crippen LogP) is 4.92. The molecule has 0 fully saturated rings. The third kappa shape index (κ3) is 1.98. The molecule has 0 N–H and O–H groups in total. The predicted molar refractivity (Wildman–Crippen MR) is 78.8 cm³/mol. The molecular weight excluding hydrogens is 263 g/mol. The van der Waals surface area contributed by atoms with Gasteiger partial charge in [-0.25, -0.2) is 0 Å². The van der Waals surface area contributed by atoms with Crippen molar-refractivity contribution >= 4 is 23.2 Å². The molecule has 0 radical (unpaired) electrons. The lowest BCUT2D eigenvalue weighted by Gasteiger charge is -2.30. The summed E-state index contributed by atoms with van der Waals surface area (Å²) in [6.45, 7) is 0. The van der Waals surface area contributed by atoms with E-state index < -0.39 is 0 Å². The quantitative estimate of drug-likeness (QED) is 0.676. The third-order valence-corrected chi connectivity index (χ3v) is 5.19. The van der Waals surface area contributed by atoms with Gasteiger partial charge in [-0.2, -0.15) is 0 Å². The summed E-state index contributed by atoms with van der Waals surface area (Å²) in [7, 11) is 0. The number of hydrogen-bond acceptors (Lipinski definition) is 0. The second kappa shape index (κ2) is 5.43. The van der Waals surface area contributed by atoms with Crippen molar-refractivity contribution < 1.29 is 0 Å². The van der Waals surface area contributed by atoms with E-state index in [0.29, 0.717) is 11.8 Å². The van der Waals surface area contributed by atoms with Crippen LogP contribution in [0.3, 0.4) is 0 Å². The summed E-state index contributed by atoms with van der Waals surface area (Å²) in [5, 5.41) is 0. The fourth-order valence-corrected chi connectivity index (χ4v) is 4.47. The monoisotopic (exact) mass is 282 g/mol. The number of halogens is 2. The minimum atomic E-state index is 0.688. The molecule has 1 aromatic rings. The summed E-state index contributed by atoms with van der Waals surface area (Å²) in [4.78, 5) is 0. The van der Waals surface area contributed by atoms with Gasteiger partial charge in [0.15, 0.2) is 0 Å². The molecule has 0 aromatic heterocycles. The Morgan fingerprint density at radius 1 is 0.556 bits per heavy atom. The first-order valence-corrected chi connectivity index (χ1v) is 8.22. The van der Waals surface area contributed by atoms with E-state index in [9.17, 15) is 0 Å². The van der Waals surface area contributed by atoms with Gasteiger partial charge in [-0.15, -0.1) is 23.2 Å². The second-order valence-electron chi connectivity index (χ2n) is 5.55. The summed E-state index contributed by atoms with van der Waals surface area (Å²) >= 11 is 12.5. The lowest BCUT2D eigenvalue weighted by molar-refractivity contribution is 0.643. The highest BCUT2D eigenvalue weighted by atomic mass is 35.5. The van der Waals surface area contributed by atoms with Crippen LogP contribution >= 0.6 is 23.2 Å². The van der Waals surface area contributed by atoms with E-state index >= 15 is 0 Å². The highest BCUT2D eigenvalue weighted by molar-refractivity contribution is 6.18. The van der Waals surface area contributed by atoms with Crippen LogP contribution in [-0.4, -0.2) is 0 Å². The number of benzene rings is 1. The number of hydrogen-bond donors (Lipinski definition) is 0. The average Bonchev–Trinajstić information content (AvgIpc) is 2.44. The molecule has 0 saturated heterocycles. The number of fused-ring (bicyclic) bond motifs is 2. The maximum absolute atomic E-state index is 6.26. The van der Waals surface area contributed by atoms with Gasteiger partial charge in [0.05, 0.1) is 0 Å². The lowest BCUT2D eigenvalue weighted by atomic mass is 9.76. The molecule has 98 valence electrons. The molecule has 2 aliphatic rings. The maximum atomic E-state index is 6.26. The van der Waals surface area contributed by atoms with Crippen LogP contribution in [-0.2, 0) is 37.4 Å². The standard InChI is InChI=1S/C16H20Cl2/c17-9-15-11-5-1-2-6-12(11)16(10-18)14-8-4-3-7-13(14)15/h1-10H2. The summed E-state index contributed by atoms with van der Waals surface area (Å²) in [5.41, 5.74) is 9.19. The van der Waals surface area contributed by atoms with Crippen molar-refractivity contribution in [2.24, 2.45) is 0 Å². The van der Waals surface area contributed by atoms with Crippen molar-refractivity contribution in [1.82, 2.24) is 0 Å². The Morgan fingerprint density at radius 3 is 1.06 bits per heavy atom. The second-order valence-corrected chi connectivity index (χ2v) is 6.09. The van der Waals surface area contributed by atoms with E-state index in [1.807, 2.05) is 0 Å². The van der Waals surface area contributed by atoms with Crippen LogP contribution in [0.15, 0.2) is 0 Å². The Morgan fingerprint density at radius 2 is 0.833 bits per heavy atom. The van der Waals surface area contributed by atoms with Crippen LogP contribution < -0.4 is 0 Å². The summed E-state index contributed by atoms with van der Waals surface area (Å²) < 4.78 is 0. The molecule has 1 aromatic carbocycles. The zero-order chi connectivity index (χ0) is 12.5. The Balaban J connectivity index is 2.26. The Bertz CT molecular complexity index is 356. The molecule has 0 atom stereocenters. The SMILES string of the molecule is ClCc1c2c(c(CCl)c3c1CCCC3)CCCC2. The summed E-state index contributed by atoms with van der Waals surface area (Å²) in [5.74, 6) is 1.38. The number of alkyl halides is 2. The highest BCUT2D eigenvalue weighted by Crippen LogP contribution is 2.38. The zero-order valence-electron chi connectivity index (χ0n) is 10.8. The van der Waals surface area contributed by atoms with Crippen molar-refractivity contribution in [3.63, 3.8) is 0 Å². The zero-order valence-corrected chi connectivity index (χ0v) is 12.3. The molecule has 3 rings (SSSR count). The van der Waals surface area contributed by atoms with Crippen molar-refractivity contribution in [3.8, 4) is 0 Å². The molecule has 0 nitrogen and oxygen atoms in total. The lowest BCUT2D eigenvalue weighted by Crippen LogP contribution is -2.17. The molecule has 0 unspecified atom stereocenters. The Labute approximate surface area is 120 Å². The third-order valence-electron chi connectivity index (χ3n) is 4.66. The van der Waals surface area contributed by atoms with Crippen LogP contribution in [0.4, 0.5) is 0 Å². The molecule has 0 amide bonds. The fourth-order valence-electron chi connectivity index (χ4n) is 3.83. The van der Waals surface area contributed by atoms with Gasteiger partial charge in [-0.3, -0.25) is 0 Å². The fraction of sp³-hybridized carbons (Fsp3) is 0.625. The van der Waals surface area contributed by atoms with Crippen LogP contribution in [0.5, 0.6) is 0 Å². The van der Waals surface area contributed by atoms with E-state index in [2.05, 4.69) is 0 Å². The van der Waals surface area contributed by atoms with Crippen LogP contribution in [0, 0.1) is 0 Å². The van der Waals surface area contributed by atoms with E-state index in [1.165, 1.54) is 62.5 Å². The van der Waals surface area contributed by atoms with E-state index in [0.717, 1.165) is 0 Å². The molecule has 0 bridgehead atoms. The van der Waals surface area contributed by atoms with Crippen LogP contribution in [0.2, 0.25) is 0 Å². The van der Waals surface area contributed by atoms with Crippen molar-refractivity contribution in [1.29, 1.82) is 0 Å². The highest BCUT2D eigenvalue weighted by Gasteiger charge is 2.25. The van der Waals surface area contributed by atoms with Gasteiger partial charge in [-0.1, -0.05) is 0 Å². The van der Waals surface area contributed by atoms with Crippen LogP contribution in [0.1, 0.15) is 59.1 Å². The van der Waals surface area contributed by atoms with Gasteiger partial charge in [0.1, 0.15) is 0 Å². The van der Waals surface area contributed by atoms with E-state index in [-0.39, 0.29) is 0 Å². The van der Waals surface area contributed by atoms with Gasteiger partial charge in [0.2, 0.25) is 0 Å². The van der Waals surface area contributed by atoms with Crippen molar-refractivity contribution in [3.05, 3.63) is 33.4 Å². The first-order valence-electron chi connectivity index (χ1n) is 7.16. The summed E-state index contributed by atoms with van der Waals surface area (Å²) in [6.07, 6.45) is 10.1. The van der Waals surface area contributed by atoms with Gasteiger partial charge in [-0.05, 0) is 84.7 Å². The maximum Gasteiger partial charge on any atom is 0.0479 e. The van der Waals surface area contributed by atoms with Gasteiger partial charge in [0, 0.05) is 11.8 Å². The average molecular weight is 283 g/mol. The van der Waals surface area contributed by atoms with Gasteiger partial charge >= 0.3 is 0 Å². The Kier molecular flexibility index (Phi) is 3.86.